The van der Waals surface area contributed by atoms with Crippen LogP contribution in [-0.2, 0) is 9.47 Å². The molecule has 1 amide bonds. The van der Waals surface area contributed by atoms with Gasteiger partial charge in [-0.1, -0.05) is 0 Å². The van der Waals surface area contributed by atoms with E-state index in [1.54, 1.807) is 0 Å². The van der Waals surface area contributed by atoms with Crippen molar-refractivity contribution >= 4 is 6.09 Å². The first-order chi connectivity index (χ1) is 9.69. The lowest BCUT2D eigenvalue weighted by molar-refractivity contribution is -0.104. The van der Waals surface area contributed by atoms with Gasteiger partial charge in [0.05, 0.1) is 12.2 Å². The summed E-state index contributed by atoms with van der Waals surface area (Å²) in [6.07, 6.45) is 2.32. The van der Waals surface area contributed by atoms with E-state index in [1.807, 2.05) is 4.90 Å². The summed E-state index contributed by atoms with van der Waals surface area (Å²) in [6.45, 7) is 12.8. The van der Waals surface area contributed by atoms with Crippen LogP contribution in [0.15, 0.2) is 0 Å². The molecule has 2 saturated heterocycles. The van der Waals surface area contributed by atoms with Crippen molar-refractivity contribution < 1.29 is 14.3 Å². The molecule has 0 bridgehead atoms. The summed E-state index contributed by atoms with van der Waals surface area (Å²) in [5.41, 5.74) is -0.431. The highest BCUT2D eigenvalue weighted by Crippen LogP contribution is 2.28. The third kappa shape index (κ3) is 4.33. The monoisotopic (exact) mass is 298 g/mol. The molecule has 0 spiro atoms. The minimum Gasteiger partial charge on any atom is -0.446 e. The molecule has 0 aliphatic carbocycles. The zero-order valence-electron chi connectivity index (χ0n) is 14.1. The van der Waals surface area contributed by atoms with Crippen LogP contribution >= 0.6 is 0 Å². The maximum absolute atomic E-state index is 12.7. The van der Waals surface area contributed by atoms with Crippen molar-refractivity contribution in [3.63, 3.8) is 0 Å². The van der Waals surface area contributed by atoms with Crippen molar-refractivity contribution in [2.24, 2.45) is 0 Å². The average Bonchev–Trinajstić information content (AvgIpc) is 2.78. The molecule has 0 aromatic rings. The van der Waals surface area contributed by atoms with Crippen LogP contribution in [0.4, 0.5) is 4.79 Å². The summed E-state index contributed by atoms with van der Waals surface area (Å²) in [7, 11) is 0. The topological polar surface area (TPSA) is 50.8 Å². The average molecular weight is 298 g/mol. The summed E-state index contributed by atoms with van der Waals surface area (Å²) in [5, 5.41) is 3.33. The van der Waals surface area contributed by atoms with Gasteiger partial charge < -0.3 is 14.8 Å². The number of carbonyl (C=O) groups is 1. The highest BCUT2D eigenvalue weighted by molar-refractivity contribution is 5.69. The minimum atomic E-state index is -0.228. The van der Waals surface area contributed by atoms with Crippen LogP contribution in [0.2, 0.25) is 0 Å². The van der Waals surface area contributed by atoms with E-state index in [1.165, 1.54) is 0 Å². The molecule has 2 atom stereocenters. The lowest BCUT2D eigenvalue weighted by atomic mass is 9.96. The molecule has 1 N–H and O–H groups in total. The molecule has 2 aliphatic heterocycles. The third-order valence-corrected chi connectivity index (χ3v) is 4.24. The van der Waals surface area contributed by atoms with Gasteiger partial charge in [-0.05, 0) is 47.6 Å². The number of amides is 1. The second-order valence-electron chi connectivity index (χ2n) is 7.79. The van der Waals surface area contributed by atoms with Crippen molar-refractivity contribution in [1.82, 2.24) is 10.2 Å². The second kappa shape index (κ2) is 6.13. The first-order valence-corrected chi connectivity index (χ1v) is 8.04. The lowest BCUT2D eigenvalue weighted by Crippen LogP contribution is -2.54. The number of hydrogen-bond donors (Lipinski definition) is 1. The van der Waals surface area contributed by atoms with E-state index in [0.29, 0.717) is 6.61 Å². The van der Waals surface area contributed by atoms with Crippen molar-refractivity contribution in [3.8, 4) is 0 Å². The maximum Gasteiger partial charge on any atom is 0.410 e. The molecule has 2 unspecified atom stereocenters. The van der Waals surface area contributed by atoms with Gasteiger partial charge in [0.15, 0.2) is 0 Å². The predicted molar refractivity (Wildman–Crippen MR) is 82.4 cm³/mol. The molecule has 0 saturated carbocycles. The molecule has 5 nitrogen and oxygen atoms in total. The fraction of sp³-hybridized carbons (Fsp3) is 0.938. The van der Waals surface area contributed by atoms with Crippen LogP contribution < -0.4 is 5.32 Å². The minimum absolute atomic E-state index is 0.0412. The summed E-state index contributed by atoms with van der Waals surface area (Å²) in [5.74, 6) is 0. The number of hydrogen-bond acceptors (Lipinski definition) is 4. The Hall–Kier alpha value is -0.810. The summed E-state index contributed by atoms with van der Waals surface area (Å²) < 4.78 is 11.5. The Labute approximate surface area is 128 Å². The van der Waals surface area contributed by atoms with E-state index in [0.717, 1.165) is 32.4 Å². The van der Waals surface area contributed by atoms with Crippen molar-refractivity contribution in [2.45, 2.75) is 77.2 Å². The molecule has 0 radical (unpaired) electrons. The first-order valence-electron chi connectivity index (χ1n) is 8.04. The van der Waals surface area contributed by atoms with Crippen LogP contribution in [0.25, 0.3) is 0 Å². The molecule has 2 rings (SSSR count). The second-order valence-corrected chi connectivity index (χ2v) is 7.79. The molecular formula is C16H30N2O3. The standard InChI is InChI=1S/C16H30N2O3/c1-15(2,3)18(12-6-8-17-11-12)14(19)21-13-7-9-20-16(4,5)10-13/h12-13,17H,6-11H2,1-5H3. The number of rotatable bonds is 2. The van der Waals surface area contributed by atoms with Crippen molar-refractivity contribution in [2.75, 3.05) is 19.7 Å². The van der Waals surface area contributed by atoms with E-state index >= 15 is 0 Å². The van der Waals surface area contributed by atoms with Gasteiger partial charge >= 0.3 is 6.09 Å². The largest absolute Gasteiger partial charge is 0.446 e. The quantitative estimate of drug-likeness (QED) is 0.851. The molecule has 2 heterocycles. The Kier molecular flexibility index (Phi) is 4.83. The van der Waals surface area contributed by atoms with Gasteiger partial charge in [0.25, 0.3) is 0 Å². The third-order valence-electron chi connectivity index (χ3n) is 4.24. The van der Waals surface area contributed by atoms with Crippen LogP contribution in [0.5, 0.6) is 0 Å². The predicted octanol–water partition coefficient (Wildman–Crippen LogP) is 2.54. The SMILES string of the molecule is CC1(C)CC(OC(=O)N(C2CCNC2)C(C)(C)C)CCO1. The Bertz CT molecular complexity index is 370. The van der Waals surface area contributed by atoms with Gasteiger partial charge in [0.1, 0.15) is 6.10 Å². The number of ether oxygens (including phenoxy) is 2. The van der Waals surface area contributed by atoms with Crippen molar-refractivity contribution in [1.29, 1.82) is 0 Å². The molecule has 2 fully saturated rings. The summed E-state index contributed by atoms with van der Waals surface area (Å²) in [6, 6.07) is 0.227. The normalized spacial score (nSPS) is 29.2. The van der Waals surface area contributed by atoms with Gasteiger partial charge in [-0.2, -0.15) is 0 Å². The van der Waals surface area contributed by atoms with Gasteiger partial charge in [-0.15, -0.1) is 0 Å². The van der Waals surface area contributed by atoms with Gasteiger partial charge in [-0.3, -0.25) is 4.90 Å². The van der Waals surface area contributed by atoms with Gasteiger partial charge in [0, 0.05) is 31.0 Å². The van der Waals surface area contributed by atoms with Gasteiger partial charge in [-0.25, -0.2) is 4.79 Å². The zero-order chi connectivity index (χ0) is 15.7. The molecule has 21 heavy (non-hydrogen) atoms. The smallest absolute Gasteiger partial charge is 0.410 e. The van der Waals surface area contributed by atoms with Crippen LogP contribution in [0, 0.1) is 0 Å². The molecule has 0 aromatic heterocycles. The molecule has 0 aromatic carbocycles. The van der Waals surface area contributed by atoms with E-state index in [9.17, 15) is 4.79 Å². The Morgan fingerprint density at radius 3 is 2.57 bits per heavy atom. The van der Waals surface area contributed by atoms with E-state index < -0.39 is 0 Å². The Morgan fingerprint density at radius 2 is 2.05 bits per heavy atom. The Balaban J connectivity index is 2.01. The number of carbonyl (C=O) groups excluding carboxylic acids is 1. The number of nitrogens with zero attached hydrogens (tertiary/aromatic N) is 1. The van der Waals surface area contributed by atoms with Crippen LogP contribution in [-0.4, -0.2) is 54.0 Å². The summed E-state index contributed by atoms with van der Waals surface area (Å²) >= 11 is 0. The van der Waals surface area contributed by atoms with Crippen LogP contribution in [0.1, 0.15) is 53.9 Å². The fourth-order valence-corrected chi connectivity index (χ4v) is 3.31. The van der Waals surface area contributed by atoms with Gasteiger partial charge in [0.2, 0.25) is 0 Å². The highest BCUT2D eigenvalue weighted by Gasteiger charge is 2.38. The molecular weight excluding hydrogens is 268 g/mol. The first kappa shape index (κ1) is 16.6. The fourth-order valence-electron chi connectivity index (χ4n) is 3.31. The zero-order valence-corrected chi connectivity index (χ0v) is 14.1. The lowest BCUT2D eigenvalue weighted by Gasteiger charge is -2.41. The molecule has 5 heteroatoms. The van der Waals surface area contributed by atoms with Crippen molar-refractivity contribution in [3.05, 3.63) is 0 Å². The van der Waals surface area contributed by atoms with E-state index in [-0.39, 0.29) is 29.4 Å². The molecule has 2 aliphatic rings. The molecule has 122 valence electrons. The summed E-state index contributed by atoms with van der Waals surface area (Å²) in [4.78, 5) is 14.6. The van der Waals surface area contributed by atoms with E-state index in [2.05, 4.69) is 39.9 Å². The van der Waals surface area contributed by atoms with E-state index in [4.69, 9.17) is 9.47 Å². The maximum atomic E-state index is 12.7. The van der Waals surface area contributed by atoms with Crippen LogP contribution in [0.3, 0.4) is 0 Å². The Morgan fingerprint density at radius 1 is 1.33 bits per heavy atom. The highest BCUT2D eigenvalue weighted by atomic mass is 16.6. The number of nitrogens with one attached hydrogen (secondary N) is 1.